The van der Waals surface area contributed by atoms with E-state index in [1.165, 1.54) is 6.07 Å². The first-order chi connectivity index (χ1) is 10.9. The molecule has 0 radical (unpaired) electrons. The Morgan fingerprint density at radius 1 is 1.09 bits per heavy atom. The number of Topliss-reactive ketones (excluding diaryl/α,β-unsaturated/α-hetero) is 1. The number of carbonyl (C=O) groups excluding carboxylic acids is 1. The van der Waals surface area contributed by atoms with Crippen molar-refractivity contribution in [3.05, 3.63) is 65.2 Å². The Labute approximate surface area is 131 Å². The lowest BCUT2D eigenvalue weighted by Crippen LogP contribution is -2.27. The van der Waals surface area contributed by atoms with Crippen LogP contribution in [-0.4, -0.2) is 11.9 Å². The third-order valence-electron chi connectivity index (χ3n) is 3.91. The van der Waals surface area contributed by atoms with Crippen molar-refractivity contribution in [3.8, 4) is 5.75 Å². The summed E-state index contributed by atoms with van der Waals surface area (Å²) < 4.78 is 44.0. The van der Waals surface area contributed by atoms with Gasteiger partial charge in [-0.25, -0.2) is 0 Å². The molecule has 120 valence electrons. The summed E-state index contributed by atoms with van der Waals surface area (Å²) in [5.74, 6) is -0.132. The third kappa shape index (κ3) is 3.55. The predicted molar refractivity (Wildman–Crippen MR) is 79.6 cm³/mol. The summed E-state index contributed by atoms with van der Waals surface area (Å²) in [6.07, 6.45) is -3.33. The van der Waals surface area contributed by atoms with Gasteiger partial charge in [0, 0.05) is 6.42 Å². The van der Waals surface area contributed by atoms with E-state index in [4.69, 9.17) is 4.74 Å². The topological polar surface area (TPSA) is 26.3 Å². The van der Waals surface area contributed by atoms with Crippen LogP contribution in [0.4, 0.5) is 13.2 Å². The van der Waals surface area contributed by atoms with Gasteiger partial charge in [-0.3, -0.25) is 4.79 Å². The fourth-order valence-corrected chi connectivity index (χ4v) is 2.70. The summed E-state index contributed by atoms with van der Waals surface area (Å²) >= 11 is 0. The minimum atomic E-state index is -4.45. The molecule has 0 aromatic heterocycles. The van der Waals surface area contributed by atoms with Crippen LogP contribution in [0.15, 0.2) is 48.5 Å². The molecule has 0 aliphatic carbocycles. The smallest absolute Gasteiger partial charge is 0.416 e. The molecule has 1 aliphatic heterocycles. The van der Waals surface area contributed by atoms with Gasteiger partial charge >= 0.3 is 6.18 Å². The lowest BCUT2D eigenvalue weighted by atomic mass is 9.95. The zero-order valence-corrected chi connectivity index (χ0v) is 12.3. The van der Waals surface area contributed by atoms with Crippen LogP contribution in [0.3, 0.4) is 0 Å². The first-order valence-corrected chi connectivity index (χ1v) is 7.38. The summed E-state index contributed by atoms with van der Waals surface area (Å²) in [4.78, 5) is 12.1. The Bertz CT molecular complexity index is 708. The van der Waals surface area contributed by atoms with Crippen LogP contribution in [0.1, 0.15) is 34.3 Å². The fourth-order valence-electron chi connectivity index (χ4n) is 2.70. The second kappa shape index (κ2) is 6.07. The van der Waals surface area contributed by atoms with E-state index < -0.39 is 17.8 Å². The second-order valence-electron chi connectivity index (χ2n) is 5.60. The average Bonchev–Trinajstić information content (AvgIpc) is 2.52. The molecule has 0 saturated heterocycles. The van der Waals surface area contributed by atoms with Crippen molar-refractivity contribution in [2.45, 2.75) is 31.5 Å². The number of carbonyl (C=O) groups is 1. The standard InChI is InChI=1S/C18H15F3O2/c19-18(20,21)13-7-9-15-16(22)11-14(23-17(15)10-13)8-6-12-4-2-1-3-5-12/h1-5,7,9-10,14H,6,8,11H2. The van der Waals surface area contributed by atoms with Gasteiger partial charge in [0.05, 0.1) is 11.1 Å². The van der Waals surface area contributed by atoms with Crippen LogP contribution in [0.5, 0.6) is 5.75 Å². The molecule has 1 aliphatic rings. The summed E-state index contributed by atoms with van der Waals surface area (Å²) in [5.41, 5.74) is 0.542. The number of benzene rings is 2. The molecule has 1 atom stereocenters. The maximum Gasteiger partial charge on any atom is 0.416 e. The van der Waals surface area contributed by atoms with Crippen molar-refractivity contribution in [1.82, 2.24) is 0 Å². The van der Waals surface area contributed by atoms with E-state index in [0.29, 0.717) is 12.8 Å². The minimum Gasteiger partial charge on any atom is -0.489 e. The molecule has 0 fully saturated rings. The molecule has 1 unspecified atom stereocenters. The highest BCUT2D eigenvalue weighted by molar-refractivity contribution is 6.00. The van der Waals surface area contributed by atoms with E-state index in [1.807, 2.05) is 30.3 Å². The Morgan fingerprint density at radius 3 is 2.52 bits per heavy atom. The van der Waals surface area contributed by atoms with Gasteiger partial charge in [0.2, 0.25) is 0 Å². The number of hydrogen-bond acceptors (Lipinski definition) is 2. The molecule has 2 aromatic rings. The summed E-state index contributed by atoms with van der Waals surface area (Å²) in [6.45, 7) is 0. The van der Waals surface area contributed by atoms with Gasteiger partial charge in [-0.1, -0.05) is 30.3 Å². The van der Waals surface area contributed by atoms with Gasteiger partial charge in [-0.2, -0.15) is 13.2 Å². The van der Waals surface area contributed by atoms with Gasteiger partial charge in [-0.15, -0.1) is 0 Å². The summed E-state index contributed by atoms with van der Waals surface area (Å²) in [7, 11) is 0. The van der Waals surface area contributed by atoms with Crippen molar-refractivity contribution in [2.24, 2.45) is 0 Å². The number of halogens is 3. The molecule has 5 heteroatoms. The quantitative estimate of drug-likeness (QED) is 0.821. The molecular formula is C18H15F3O2. The monoisotopic (exact) mass is 320 g/mol. The molecule has 2 nitrogen and oxygen atoms in total. The first-order valence-electron chi connectivity index (χ1n) is 7.38. The highest BCUT2D eigenvalue weighted by Crippen LogP contribution is 2.36. The molecule has 0 saturated carbocycles. The van der Waals surface area contributed by atoms with Crippen LogP contribution in [0.25, 0.3) is 0 Å². The largest absolute Gasteiger partial charge is 0.489 e. The summed E-state index contributed by atoms with van der Waals surface area (Å²) in [5, 5.41) is 0. The van der Waals surface area contributed by atoms with Crippen LogP contribution >= 0.6 is 0 Å². The van der Waals surface area contributed by atoms with Gasteiger partial charge in [0.25, 0.3) is 0 Å². The summed E-state index contributed by atoms with van der Waals surface area (Å²) in [6, 6.07) is 12.8. The number of aryl methyl sites for hydroxylation is 1. The van der Waals surface area contributed by atoms with E-state index in [9.17, 15) is 18.0 Å². The molecule has 23 heavy (non-hydrogen) atoms. The van der Waals surface area contributed by atoms with E-state index in [1.54, 1.807) is 0 Å². The molecule has 0 spiro atoms. The molecule has 0 bridgehead atoms. The van der Waals surface area contributed by atoms with Crippen molar-refractivity contribution < 1.29 is 22.7 Å². The maximum absolute atomic E-state index is 12.8. The SMILES string of the molecule is O=C1CC(CCc2ccccc2)Oc2cc(C(F)(F)F)ccc21. The predicted octanol–water partition coefficient (Wildman–Crippen LogP) is 4.67. The Morgan fingerprint density at radius 2 is 1.83 bits per heavy atom. The Kier molecular flexibility index (Phi) is 4.11. The lowest BCUT2D eigenvalue weighted by molar-refractivity contribution is -0.137. The van der Waals surface area contributed by atoms with Gasteiger partial charge in [-0.05, 0) is 36.6 Å². The molecule has 0 amide bonds. The zero-order valence-electron chi connectivity index (χ0n) is 12.3. The molecule has 2 aromatic carbocycles. The number of ketones is 1. The second-order valence-corrected chi connectivity index (χ2v) is 5.60. The van der Waals surface area contributed by atoms with Crippen LogP contribution < -0.4 is 4.74 Å². The van der Waals surface area contributed by atoms with Gasteiger partial charge in [0.1, 0.15) is 11.9 Å². The number of alkyl halides is 3. The molecule has 1 heterocycles. The maximum atomic E-state index is 12.8. The van der Waals surface area contributed by atoms with E-state index in [-0.39, 0.29) is 23.5 Å². The van der Waals surface area contributed by atoms with Crippen molar-refractivity contribution in [1.29, 1.82) is 0 Å². The van der Waals surface area contributed by atoms with Crippen LogP contribution in [0, 0.1) is 0 Å². The number of rotatable bonds is 3. The van der Waals surface area contributed by atoms with Crippen LogP contribution in [-0.2, 0) is 12.6 Å². The lowest BCUT2D eigenvalue weighted by Gasteiger charge is -2.26. The van der Waals surface area contributed by atoms with E-state index in [2.05, 4.69) is 0 Å². The van der Waals surface area contributed by atoms with Gasteiger partial charge in [0.15, 0.2) is 5.78 Å². The fraction of sp³-hybridized carbons (Fsp3) is 0.278. The Hall–Kier alpha value is -2.30. The molecule has 0 N–H and O–H groups in total. The third-order valence-corrected chi connectivity index (χ3v) is 3.91. The van der Waals surface area contributed by atoms with Crippen LogP contribution in [0.2, 0.25) is 0 Å². The van der Waals surface area contributed by atoms with Crippen molar-refractivity contribution in [3.63, 3.8) is 0 Å². The van der Waals surface area contributed by atoms with E-state index >= 15 is 0 Å². The first kappa shape index (κ1) is 15.6. The molecule has 3 rings (SSSR count). The average molecular weight is 320 g/mol. The minimum absolute atomic E-state index is 0.0362. The Balaban J connectivity index is 1.75. The number of hydrogen-bond donors (Lipinski definition) is 0. The molecular weight excluding hydrogens is 305 g/mol. The highest BCUT2D eigenvalue weighted by atomic mass is 19.4. The normalized spacial score (nSPS) is 17.5. The zero-order chi connectivity index (χ0) is 16.4. The van der Waals surface area contributed by atoms with E-state index in [0.717, 1.165) is 17.7 Å². The highest BCUT2D eigenvalue weighted by Gasteiger charge is 2.34. The number of ether oxygens (including phenoxy) is 1. The van der Waals surface area contributed by atoms with Crippen molar-refractivity contribution >= 4 is 5.78 Å². The van der Waals surface area contributed by atoms with Crippen molar-refractivity contribution in [2.75, 3.05) is 0 Å². The van der Waals surface area contributed by atoms with Gasteiger partial charge < -0.3 is 4.74 Å². The number of fused-ring (bicyclic) bond motifs is 1.